The maximum absolute atomic E-state index is 11.1. The molecule has 70 valence electrons. The minimum atomic E-state index is -0.387. The molecule has 0 aliphatic rings. The lowest BCUT2D eigenvalue weighted by Gasteiger charge is -2.07. The summed E-state index contributed by atoms with van der Waals surface area (Å²) < 4.78 is 0. The number of aromatic nitrogens is 1. The van der Waals surface area contributed by atoms with Crippen LogP contribution in [0.3, 0.4) is 0 Å². The highest BCUT2D eigenvalue weighted by Crippen LogP contribution is 2.02. The van der Waals surface area contributed by atoms with Gasteiger partial charge in [-0.15, -0.1) is 0 Å². The van der Waals surface area contributed by atoms with Crippen LogP contribution in [-0.2, 0) is 0 Å². The summed E-state index contributed by atoms with van der Waals surface area (Å²) in [6.07, 6.45) is 3.19. The van der Waals surface area contributed by atoms with E-state index in [1.165, 1.54) is 0 Å². The lowest BCUT2D eigenvalue weighted by atomic mass is 10.4. The highest BCUT2D eigenvalue weighted by molar-refractivity contribution is 6.21. The van der Waals surface area contributed by atoms with E-state index in [2.05, 4.69) is 15.6 Å². The highest BCUT2D eigenvalue weighted by atomic mass is 35.5. The lowest BCUT2D eigenvalue weighted by Crippen LogP contribution is -2.32. The summed E-state index contributed by atoms with van der Waals surface area (Å²) in [5.74, 6) is 0. The van der Waals surface area contributed by atoms with Crippen LogP contribution in [0.1, 0.15) is 6.92 Å². The van der Waals surface area contributed by atoms with Crippen molar-refractivity contribution in [2.45, 2.75) is 12.4 Å². The van der Waals surface area contributed by atoms with Gasteiger partial charge in [-0.05, 0) is 19.1 Å². The quantitative estimate of drug-likeness (QED) is 0.564. The first kappa shape index (κ1) is 9.80. The van der Waals surface area contributed by atoms with Crippen LogP contribution in [0.25, 0.3) is 0 Å². The fourth-order valence-corrected chi connectivity index (χ4v) is 0.882. The number of alkyl halides is 1. The van der Waals surface area contributed by atoms with Gasteiger partial charge in [0.25, 0.3) is 0 Å². The monoisotopic (exact) mass is 199 g/mol. The van der Waals surface area contributed by atoms with Gasteiger partial charge in [0.1, 0.15) is 5.50 Å². The zero-order valence-corrected chi connectivity index (χ0v) is 7.88. The van der Waals surface area contributed by atoms with Crippen molar-refractivity contribution >= 4 is 23.3 Å². The van der Waals surface area contributed by atoms with Crippen LogP contribution in [0.5, 0.6) is 0 Å². The Balaban J connectivity index is 2.46. The number of hydrogen-bond donors (Lipinski definition) is 2. The first-order chi connectivity index (χ1) is 6.18. The molecular weight excluding hydrogens is 190 g/mol. The van der Waals surface area contributed by atoms with Crippen molar-refractivity contribution in [3.05, 3.63) is 24.5 Å². The first-order valence-electron chi connectivity index (χ1n) is 3.80. The van der Waals surface area contributed by atoms with Crippen molar-refractivity contribution in [1.29, 1.82) is 0 Å². The third kappa shape index (κ3) is 3.75. The molecule has 0 bridgehead atoms. The molecule has 0 aliphatic carbocycles. The van der Waals surface area contributed by atoms with E-state index in [1.54, 1.807) is 31.5 Å². The van der Waals surface area contributed by atoms with Crippen LogP contribution in [0, 0.1) is 0 Å². The Kier molecular flexibility index (Phi) is 3.52. The molecular formula is C8H10ClN3O. The predicted molar refractivity (Wildman–Crippen MR) is 51.7 cm³/mol. The maximum Gasteiger partial charge on any atom is 0.320 e. The van der Waals surface area contributed by atoms with Crippen LogP contribution < -0.4 is 10.6 Å². The van der Waals surface area contributed by atoms with Crippen molar-refractivity contribution < 1.29 is 4.79 Å². The number of urea groups is 1. The van der Waals surface area contributed by atoms with Gasteiger partial charge in [-0.25, -0.2) is 4.79 Å². The normalized spacial score (nSPS) is 11.8. The number of carbonyl (C=O) groups excluding carboxylic acids is 1. The molecule has 0 fully saturated rings. The minimum absolute atomic E-state index is 0.325. The van der Waals surface area contributed by atoms with Crippen molar-refractivity contribution in [2.75, 3.05) is 5.32 Å². The van der Waals surface area contributed by atoms with Crippen LogP contribution in [0.2, 0.25) is 0 Å². The van der Waals surface area contributed by atoms with Crippen LogP contribution >= 0.6 is 11.6 Å². The van der Waals surface area contributed by atoms with E-state index in [1.807, 2.05) is 0 Å². The number of hydrogen-bond acceptors (Lipinski definition) is 2. The molecule has 0 radical (unpaired) electrons. The van der Waals surface area contributed by atoms with Crippen molar-refractivity contribution in [2.24, 2.45) is 0 Å². The molecule has 0 aliphatic heterocycles. The Morgan fingerprint density at radius 3 is 2.69 bits per heavy atom. The number of nitrogens with zero attached hydrogens (tertiary/aromatic N) is 1. The van der Waals surface area contributed by atoms with Crippen LogP contribution in [0.4, 0.5) is 10.5 Å². The summed E-state index contributed by atoms with van der Waals surface area (Å²) in [7, 11) is 0. The number of rotatable bonds is 2. The van der Waals surface area contributed by atoms with E-state index in [0.29, 0.717) is 5.69 Å². The summed E-state index contributed by atoms with van der Waals surface area (Å²) in [6.45, 7) is 1.67. The van der Waals surface area contributed by atoms with Crippen molar-refractivity contribution in [3.8, 4) is 0 Å². The van der Waals surface area contributed by atoms with Gasteiger partial charge in [0, 0.05) is 18.1 Å². The van der Waals surface area contributed by atoms with Gasteiger partial charge >= 0.3 is 6.03 Å². The Morgan fingerprint density at radius 1 is 1.54 bits per heavy atom. The molecule has 0 saturated carbocycles. The highest BCUT2D eigenvalue weighted by Gasteiger charge is 2.02. The smallest absolute Gasteiger partial charge is 0.320 e. The molecule has 0 saturated heterocycles. The minimum Gasteiger partial charge on any atom is -0.322 e. The molecule has 1 atom stereocenters. The standard InChI is InChI=1S/C8H10ClN3O/c1-6(9)11-8(13)12-7-2-4-10-5-3-7/h2-6H,1H3,(H2,10,11,12,13). The molecule has 13 heavy (non-hydrogen) atoms. The maximum atomic E-state index is 11.1. The fraction of sp³-hybridized carbons (Fsp3) is 0.250. The first-order valence-corrected chi connectivity index (χ1v) is 4.24. The molecule has 1 heterocycles. The number of carbonyl (C=O) groups is 1. The van der Waals surface area contributed by atoms with Gasteiger partial charge in [0.15, 0.2) is 0 Å². The Bertz CT molecular complexity index is 276. The van der Waals surface area contributed by atoms with E-state index >= 15 is 0 Å². The summed E-state index contributed by atoms with van der Waals surface area (Å²) in [6, 6.07) is 3.06. The average molecular weight is 200 g/mol. The van der Waals surface area contributed by atoms with Gasteiger partial charge in [0.2, 0.25) is 0 Å². The van der Waals surface area contributed by atoms with Gasteiger partial charge in [-0.1, -0.05) is 11.6 Å². The van der Waals surface area contributed by atoms with Gasteiger partial charge in [0.05, 0.1) is 0 Å². The fourth-order valence-electron chi connectivity index (χ4n) is 0.783. The second-order valence-corrected chi connectivity index (χ2v) is 3.11. The van der Waals surface area contributed by atoms with Gasteiger partial charge in [-0.2, -0.15) is 0 Å². The molecule has 0 aromatic carbocycles. The van der Waals surface area contributed by atoms with E-state index in [4.69, 9.17) is 11.6 Å². The number of amides is 2. The molecule has 2 N–H and O–H groups in total. The Hall–Kier alpha value is -1.29. The number of anilines is 1. The van der Waals surface area contributed by atoms with Gasteiger partial charge < -0.3 is 10.6 Å². The predicted octanol–water partition coefficient (Wildman–Crippen LogP) is 1.79. The molecule has 4 nitrogen and oxygen atoms in total. The Morgan fingerprint density at radius 2 is 2.15 bits per heavy atom. The third-order valence-electron chi connectivity index (χ3n) is 1.27. The zero-order chi connectivity index (χ0) is 9.68. The molecule has 1 unspecified atom stereocenters. The topological polar surface area (TPSA) is 54.0 Å². The van der Waals surface area contributed by atoms with Gasteiger partial charge in [-0.3, -0.25) is 4.98 Å². The van der Waals surface area contributed by atoms with E-state index < -0.39 is 0 Å². The molecule has 1 aromatic heterocycles. The second-order valence-electron chi connectivity index (χ2n) is 2.45. The van der Waals surface area contributed by atoms with E-state index in [0.717, 1.165) is 0 Å². The molecule has 5 heteroatoms. The largest absolute Gasteiger partial charge is 0.322 e. The van der Waals surface area contributed by atoms with Crippen LogP contribution in [-0.4, -0.2) is 16.5 Å². The Labute approximate surface area is 81.3 Å². The molecule has 1 rings (SSSR count). The number of halogens is 1. The average Bonchev–Trinajstić information content (AvgIpc) is 2.04. The molecule has 0 spiro atoms. The lowest BCUT2D eigenvalue weighted by molar-refractivity contribution is 0.251. The SMILES string of the molecule is CC(Cl)NC(=O)Nc1ccncc1. The molecule has 2 amide bonds. The summed E-state index contributed by atoms with van der Waals surface area (Å²) in [5.41, 5.74) is 0.298. The zero-order valence-electron chi connectivity index (χ0n) is 7.12. The van der Waals surface area contributed by atoms with Crippen molar-refractivity contribution in [1.82, 2.24) is 10.3 Å². The summed E-state index contributed by atoms with van der Waals surface area (Å²) in [4.78, 5) is 14.9. The van der Waals surface area contributed by atoms with E-state index in [9.17, 15) is 4.79 Å². The van der Waals surface area contributed by atoms with Crippen LogP contribution in [0.15, 0.2) is 24.5 Å². The molecule has 1 aromatic rings. The summed E-state index contributed by atoms with van der Waals surface area (Å²) in [5, 5.41) is 5.08. The second kappa shape index (κ2) is 4.67. The summed E-state index contributed by atoms with van der Waals surface area (Å²) >= 11 is 5.55. The third-order valence-corrected chi connectivity index (χ3v) is 1.38. The van der Waals surface area contributed by atoms with E-state index in [-0.39, 0.29) is 11.5 Å². The number of pyridine rings is 1. The van der Waals surface area contributed by atoms with Crippen molar-refractivity contribution in [3.63, 3.8) is 0 Å². The number of nitrogens with one attached hydrogen (secondary N) is 2.